The summed E-state index contributed by atoms with van der Waals surface area (Å²) < 4.78 is 0.670. The maximum atomic E-state index is 9.10. The lowest BCUT2D eigenvalue weighted by Crippen LogP contribution is -1.89. The number of phenolic OH excluding ortho intramolecular Hbond substituents is 1. The fourth-order valence-corrected chi connectivity index (χ4v) is 1.26. The number of benzene rings is 1. The standard InChI is InChI=1S/C8H9BrO2/c9-7-5-6(3-4-10)1-2-8(7)11/h1-2,5,10-11H,3-4H2. The third-order valence-corrected chi connectivity index (χ3v) is 2.05. The first-order valence-electron chi connectivity index (χ1n) is 3.32. The van der Waals surface area contributed by atoms with Crippen LogP contribution < -0.4 is 0 Å². The molecule has 0 aliphatic carbocycles. The SMILES string of the molecule is OCCc1ccc(O)c(Br)c1. The molecule has 0 saturated heterocycles. The molecule has 0 aliphatic heterocycles. The van der Waals surface area contributed by atoms with E-state index in [4.69, 9.17) is 10.2 Å². The van der Waals surface area contributed by atoms with Crippen LogP contribution in [0.25, 0.3) is 0 Å². The molecule has 0 amide bonds. The van der Waals surface area contributed by atoms with Crippen molar-refractivity contribution in [2.75, 3.05) is 6.61 Å². The van der Waals surface area contributed by atoms with Crippen LogP contribution in [0.2, 0.25) is 0 Å². The van der Waals surface area contributed by atoms with E-state index in [2.05, 4.69) is 15.9 Å². The van der Waals surface area contributed by atoms with Gasteiger partial charge in [0.1, 0.15) is 5.75 Å². The van der Waals surface area contributed by atoms with Gasteiger partial charge in [0.2, 0.25) is 0 Å². The molecule has 0 bridgehead atoms. The van der Waals surface area contributed by atoms with Crippen LogP contribution in [0.15, 0.2) is 22.7 Å². The van der Waals surface area contributed by atoms with Crippen molar-refractivity contribution in [3.8, 4) is 5.75 Å². The summed E-state index contributed by atoms with van der Waals surface area (Å²) in [6.45, 7) is 0.136. The van der Waals surface area contributed by atoms with Gasteiger partial charge in [-0.2, -0.15) is 0 Å². The third kappa shape index (κ3) is 2.20. The molecule has 0 radical (unpaired) electrons. The molecule has 0 heterocycles. The molecule has 2 nitrogen and oxygen atoms in total. The van der Waals surface area contributed by atoms with Gasteiger partial charge in [-0.25, -0.2) is 0 Å². The van der Waals surface area contributed by atoms with Gasteiger partial charge >= 0.3 is 0 Å². The highest BCUT2D eigenvalue weighted by Crippen LogP contribution is 2.24. The zero-order valence-corrected chi connectivity index (χ0v) is 7.50. The van der Waals surface area contributed by atoms with Crippen LogP contribution in [0, 0.1) is 0 Å². The van der Waals surface area contributed by atoms with E-state index in [1.54, 1.807) is 18.2 Å². The van der Waals surface area contributed by atoms with Crippen LogP contribution in [0.3, 0.4) is 0 Å². The van der Waals surface area contributed by atoms with Crippen molar-refractivity contribution in [3.05, 3.63) is 28.2 Å². The van der Waals surface area contributed by atoms with E-state index >= 15 is 0 Å². The van der Waals surface area contributed by atoms with Gasteiger partial charge in [-0.05, 0) is 40.0 Å². The predicted molar refractivity (Wildman–Crippen MR) is 46.6 cm³/mol. The number of aliphatic hydroxyl groups excluding tert-OH is 1. The largest absolute Gasteiger partial charge is 0.507 e. The maximum Gasteiger partial charge on any atom is 0.129 e. The molecule has 11 heavy (non-hydrogen) atoms. The summed E-state index contributed by atoms with van der Waals surface area (Å²) in [7, 11) is 0. The van der Waals surface area contributed by atoms with Gasteiger partial charge in [-0.3, -0.25) is 0 Å². The van der Waals surface area contributed by atoms with Gasteiger partial charge in [0.05, 0.1) is 4.47 Å². The quantitative estimate of drug-likeness (QED) is 0.791. The Balaban J connectivity index is 2.86. The molecule has 0 aliphatic rings. The van der Waals surface area contributed by atoms with Crippen LogP contribution in [0.4, 0.5) is 0 Å². The molecule has 1 rings (SSSR count). The lowest BCUT2D eigenvalue weighted by molar-refractivity contribution is 0.299. The Morgan fingerprint density at radius 2 is 2.09 bits per heavy atom. The van der Waals surface area contributed by atoms with Crippen LogP contribution in [-0.4, -0.2) is 16.8 Å². The van der Waals surface area contributed by atoms with Crippen molar-refractivity contribution in [2.24, 2.45) is 0 Å². The fourth-order valence-electron chi connectivity index (χ4n) is 0.835. The minimum Gasteiger partial charge on any atom is -0.507 e. The first kappa shape index (κ1) is 8.56. The van der Waals surface area contributed by atoms with Crippen molar-refractivity contribution >= 4 is 15.9 Å². The Hall–Kier alpha value is -0.540. The first-order chi connectivity index (χ1) is 5.24. The number of aromatic hydroxyl groups is 1. The number of halogens is 1. The summed E-state index contributed by atoms with van der Waals surface area (Å²) in [6.07, 6.45) is 0.624. The van der Waals surface area contributed by atoms with E-state index in [9.17, 15) is 0 Å². The average Bonchev–Trinajstić information content (AvgIpc) is 1.98. The second kappa shape index (κ2) is 3.74. The molecular formula is C8H9BrO2. The second-order valence-electron chi connectivity index (χ2n) is 2.26. The van der Waals surface area contributed by atoms with Gasteiger partial charge in [0.15, 0.2) is 0 Å². The van der Waals surface area contributed by atoms with Gasteiger partial charge in [0, 0.05) is 6.61 Å². The van der Waals surface area contributed by atoms with E-state index < -0.39 is 0 Å². The molecule has 0 atom stereocenters. The van der Waals surface area contributed by atoms with E-state index in [0.717, 1.165) is 5.56 Å². The Kier molecular flexibility index (Phi) is 2.91. The summed E-state index contributed by atoms with van der Waals surface area (Å²) in [5.74, 6) is 0.228. The second-order valence-corrected chi connectivity index (χ2v) is 3.11. The van der Waals surface area contributed by atoms with Crippen LogP contribution in [-0.2, 0) is 6.42 Å². The van der Waals surface area contributed by atoms with Crippen molar-refractivity contribution in [1.29, 1.82) is 0 Å². The summed E-state index contributed by atoms with van der Waals surface area (Å²) >= 11 is 3.18. The molecule has 2 N–H and O–H groups in total. The zero-order valence-electron chi connectivity index (χ0n) is 5.92. The van der Waals surface area contributed by atoms with Crippen molar-refractivity contribution in [1.82, 2.24) is 0 Å². The highest BCUT2D eigenvalue weighted by atomic mass is 79.9. The number of phenols is 1. The van der Waals surface area contributed by atoms with Crippen molar-refractivity contribution in [2.45, 2.75) is 6.42 Å². The zero-order chi connectivity index (χ0) is 8.27. The smallest absolute Gasteiger partial charge is 0.129 e. The van der Waals surface area contributed by atoms with E-state index in [-0.39, 0.29) is 12.4 Å². The number of rotatable bonds is 2. The first-order valence-corrected chi connectivity index (χ1v) is 4.11. The molecule has 1 aromatic rings. The molecule has 0 saturated carbocycles. The summed E-state index contributed by atoms with van der Waals surface area (Å²) in [5.41, 5.74) is 1.01. The fraction of sp³-hybridized carbons (Fsp3) is 0.250. The predicted octanol–water partition coefficient (Wildman–Crippen LogP) is 1.69. The van der Waals surface area contributed by atoms with Gasteiger partial charge in [-0.1, -0.05) is 6.07 Å². The Labute approximate surface area is 73.6 Å². The van der Waals surface area contributed by atoms with Crippen LogP contribution >= 0.6 is 15.9 Å². The summed E-state index contributed by atoms with van der Waals surface area (Å²) in [5, 5.41) is 17.7. The van der Waals surface area contributed by atoms with Crippen LogP contribution in [0.1, 0.15) is 5.56 Å². The lowest BCUT2D eigenvalue weighted by Gasteiger charge is -2.00. The van der Waals surface area contributed by atoms with Crippen molar-refractivity contribution < 1.29 is 10.2 Å². The van der Waals surface area contributed by atoms with E-state index in [1.165, 1.54) is 0 Å². The van der Waals surface area contributed by atoms with Crippen molar-refractivity contribution in [3.63, 3.8) is 0 Å². The Morgan fingerprint density at radius 1 is 1.36 bits per heavy atom. The topological polar surface area (TPSA) is 40.5 Å². The molecule has 0 spiro atoms. The minimum atomic E-state index is 0.136. The lowest BCUT2D eigenvalue weighted by atomic mass is 10.1. The Bertz CT molecular complexity index is 248. The van der Waals surface area contributed by atoms with Crippen LogP contribution in [0.5, 0.6) is 5.75 Å². The highest BCUT2D eigenvalue weighted by molar-refractivity contribution is 9.10. The molecule has 60 valence electrons. The van der Waals surface area contributed by atoms with E-state index in [1.807, 2.05) is 0 Å². The third-order valence-electron chi connectivity index (χ3n) is 1.41. The summed E-state index contributed by atoms with van der Waals surface area (Å²) in [4.78, 5) is 0. The maximum absolute atomic E-state index is 9.10. The molecular weight excluding hydrogens is 208 g/mol. The normalized spacial score (nSPS) is 10.0. The minimum absolute atomic E-state index is 0.136. The molecule has 1 aromatic carbocycles. The Morgan fingerprint density at radius 3 is 2.64 bits per heavy atom. The van der Waals surface area contributed by atoms with E-state index in [0.29, 0.717) is 10.9 Å². The number of aliphatic hydroxyl groups is 1. The van der Waals surface area contributed by atoms with Gasteiger partial charge in [0.25, 0.3) is 0 Å². The number of hydrogen-bond donors (Lipinski definition) is 2. The van der Waals surface area contributed by atoms with Gasteiger partial charge in [-0.15, -0.1) is 0 Å². The molecule has 0 fully saturated rings. The molecule has 3 heteroatoms. The monoisotopic (exact) mass is 216 g/mol. The molecule has 0 unspecified atom stereocenters. The number of hydrogen-bond acceptors (Lipinski definition) is 2. The van der Waals surface area contributed by atoms with Gasteiger partial charge < -0.3 is 10.2 Å². The average molecular weight is 217 g/mol. The highest BCUT2D eigenvalue weighted by Gasteiger charge is 1.97. The molecule has 0 aromatic heterocycles. The summed E-state index contributed by atoms with van der Waals surface area (Å²) in [6, 6.07) is 5.19.